The van der Waals surface area contributed by atoms with E-state index in [1.165, 1.54) is 5.56 Å². The summed E-state index contributed by atoms with van der Waals surface area (Å²) in [6.07, 6.45) is 1.26. The molecule has 2 fully saturated rings. The lowest BCUT2D eigenvalue weighted by molar-refractivity contribution is -0.141. The van der Waals surface area contributed by atoms with Crippen molar-refractivity contribution in [2.45, 2.75) is 45.4 Å². The van der Waals surface area contributed by atoms with Crippen LogP contribution in [0.1, 0.15) is 43.4 Å². The number of carbonyl (C=O) groups excluding carboxylic acids is 1. The van der Waals surface area contributed by atoms with Crippen molar-refractivity contribution in [2.24, 2.45) is 11.8 Å². The first-order valence-electron chi connectivity index (χ1n) is 14.6. The summed E-state index contributed by atoms with van der Waals surface area (Å²) >= 11 is 0. The maximum absolute atomic E-state index is 13.3. The second kappa shape index (κ2) is 13.5. The van der Waals surface area contributed by atoms with Crippen molar-refractivity contribution in [3.05, 3.63) is 77.6 Å². The summed E-state index contributed by atoms with van der Waals surface area (Å²) < 4.78 is 7.31. The van der Waals surface area contributed by atoms with E-state index < -0.39 is 6.23 Å². The van der Waals surface area contributed by atoms with E-state index in [0.717, 1.165) is 17.8 Å². The van der Waals surface area contributed by atoms with E-state index in [1.54, 1.807) is 0 Å². The topological polar surface area (TPSA) is 95.8 Å². The summed E-state index contributed by atoms with van der Waals surface area (Å²) in [5.41, 5.74) is 3.63. The minimum atomic E-state index is -0.935. The van der Waals surface area contributed by atoms with Crippen LogP contribution in [-0.2, 0) is 22.4 Å². The number of ether oxygens (including phenoxy) is 1. The lowest BCUT2D eigenvalue weighted by atomic mass is 9.92. The molecule has 2 aromatic carbocycles. The Morgan fingerprint density at radius 1 is 1.05 bits per heavy atom. The molecule has 40 heavy (non-hydrogen) atoms. The number of rotatable bonds is 10. The van der Waals surface area contributed by atoms with Gasteiger partial charge in [0.1, 0.15) is 5.69 Å². The third kappa shape index (κ3) is 6.78. The second-order valence-corrected chi connectivity index (χ2v) is 11.3. The Morgan fingerprint density at radius 2 is 1.75 bits per heavy atom. The molecule has 2 saturated heterocycles. The van der Waals surface area contributed by atoms with E-state index >= 15 is 0 Å². The fourth-order valence-electron chi connectivity index (χ4n) is 5.86. The van der Waals surface area contributed by atoms with Gasteiger partial charge in [0.25, 0.3) is 0 Å². The van der Waals surface area contributed by atoms with Crippen LogP contribution < -0.4 is 5.32 Å². The quantitative estimate of drug-likeness (QED) is 0.378. The average molecular weight is 547 g/mol. The Hall–Kier alpha value is -3.11. The molecule has 0 aliphatic carbocycles. The molecule has 1 aromatic heterocycles. The van der Waals surface area contributed by atoms with Crippen molar-refractivity contribution in [3.63, 3.8) is 0 Å². The molecule has 3 aromatic rings. The molecule has 2 aliphatic heterocycles. The van der Waals surface area contributed by atoms with E-state index in [9.17, 15) is 9.90 Å². The largest absolute Gasteiger partial charge is 0.378 e. The van der Waals surface area contributed by atoms with Gasteiger partial charge in [0.2, 0.25) is 5.91 Å². The van der Waals surface area contributed by atoms with Gasteiger partial charge in [-0.15, -0.1) is 5.10 Å². The zero-order valence-corrected chi connectivity index (χ0v) is 23.7. The number of benzene rings is 2. The van der Waals surface area contributed by atoms with Crippen LogP contribution in [0.25, 0.3) is 5.69 Å². The van der Waals surface area contributed by atoms with Crippen molar-refractivity contribution in [1.82, 2.24) is 30.1 Å². The SMILES string of the molecule is CC(C)CN(C(O)c1nnn(-c2ccccc2)c1CCc1ccccc1)[C@@H]1CNC[C@H](C(=O)N2CCOCC2)C1. The molecular weight excluding hydrogens is 504 g/mol. The van der Waals surface area contributed by atoms with Crippen LogP contribution in [0.2, 0.25) is 0 Å². The monoisotopic (exact) mass is 546 g/mol. The van der Waals surface area contributed by atoms with Crippen LogP contribution in [0.5, 0.6) is 0 Å². The van der Waals surface area contributed by atoms with E-state index in [-0.39, 0.29) is 17.9 Å². The Kier molecular flexibility index (Phi) is 9.59. The molecule has 0 bridgehead atoms. The van der Waals surface area contributed by atoms with Gasteiger partial charge in [-0.05, 0) is 42.9 Å². The first kappa shape index (κ1) is 28.4. The number of hydrogen-bond donors (Lipinski definition) is 2. The lowest BCUT2D eigenvalue weighted by Gasteiger charge is -2.41. The molecule has 3 atom stereocenters. The molecular formula is C31H42N6O3. The Labute approximate surface area is 237 Å². The van der Waals surface area contributed by atoms with Gasteiger partial charge in [-0.3, -0.25) is 9.69 Å². The number of piperidine rings is 1. The highest BCUT2D eigenvalue weighted by atomic mass is 16.5. The molecule has 0 radical (unpaired) electrons. The maximum Gasteiger partial charge on any atom is 0.227 e. The fraction of sp³-hybridized carbons (Fsp3) is 0.516. The number of nitrogens with one attached hydrogen (secondary N) is 1. The minimum absolute atomic E-state index is 0.00927. The fourth-order valence-corrected chi connectivity index (χ4v) is 5.86. The number of hydrogen-bond acceptors (Lipinski definition) is 7. The highest BCUT2D eigenvalue weighted by Gasteiger charge is 2.37. The van der Waals surface area contributed by atoms with Gasteiger partial charge in [0.05, 0.1) is 30.5 Å². The van der Waals surface area contributed by atoms with E-state index in [4.69, 9.17) is 4.74 Å². The van der Waals surface area contributed by atoms with Crippen molar-refractivity contribution in [1.29, 1.82) is 0 Å². The third-order valence-electron chi connectivity index (χ3n) is 7.89. The molecule has 214 valence electrons. The Balaban J connectivity index is 1.41. The summed E-state index contributed by atoms with van der Waals surface area (Å²) in [5, 5.41) is 24.5. The molecule has 3 heterocycles. The number of morpholine rings is 1. The molecule has 0 saturated carbocycles. The van der Waals surface area contributed by atoms with E-state index in [1.807, 2.05) is 58.1 Å². The zero-order chi connectivity index (χ0) is 27.9. The number of carbonyl (C=O) groups is 1. The molecule has 1 unspecified atom stereocenters. The molecule has 5 rings (SSSR count). The second-order valence-electron chi connectivity index (χ2n) is 11.3. The standard InChI is InChI=1S/C31H42N6O3/c1-23(2)22-36(27-19-25(20-32-21-27)30(38)35-15-17-40-18-16-35)31(39)29-28(14-13-24-9-5-3-6-10-24)37(34-33-29)26-11-7-4-8-12-26/h3-12,23,25,27,31-32,39H,13-22H2,1-2H3/t25-,27+,31?/m1/s1. The van der Waals surface area contributed by atoms with Gasteiger partial charge >= 0.3 is 0 Å². The first-order chi connectivity index (χ1) is 19.5. The van der Waals surface area contributed by atoms with Crippen molar-refractivity contribution < 1.29 is 14.6 Å². The third-order valence-corrected chi connectivity index (χ3v) is 7.89. The summed E-state index contributed by atoms with van der Waals surface area (Å²) in [5.74, 6) is 0.372. The first-order valence-corrected chi connectivity index (χ1v) is 14.6. The smallest absolute Gasteiger partial charge is 0.227 e. The normalized spacial score (nSPS) is 20.7. The van der Waals surface area contributed by atoms with Crippen LogP contribution in [0.3, 0.4) is 0 Å². The van der Waals surface area contributed by atoms with Crippen LogP contribution in [0, 0.1) is 11.8 Å². The molecule has 9 nitrogen and oxygen atoms in total. The Bertz CT molecular complexity index is 1210. The van der Waals surface area contributed by atoms with Gasteiger partial charge in [0.15, 0.2) is 6.23 Å². The predicted octanol–water partition coefficient (Wildman–Crippen LogP) is 2.84. The van der Waals surface area contributed by atoms with Crippen molar-refractivity contribution in [2.75, 3.05) is 45.9 Å². The van der Waals surface area contributed by atoms with E-state index in [2.05, 4.69) is 46.5 Å². The van der Waals surface area contributed by atoms with Crippen LogP contribution in [-0.4, -0.2) is 87.8 Å². The van der Waals surface area contributed by atoms with Gasteiger partial charge < -0.3 is 20.1 Å². The number of nitrogens with zero attached hydrogens (tertiary/aromatic N) is 5. The lowest BCUT2D eigenvalue weighted by Crippen LogP contribution is -2.55. The van der Waals surface area contributed by atoms with Gasteiger partial charge in [0, 0.05) is 38.8 Å². The molecule has 2 aliphatic rings. The van der Waals surface area contributed by atoms with Crippen LogP contribution in [0.4, 0.5) is 0 Å². The maximum atomic E-state index is 13.3. The van der Waals surface area contributed by atoms with Crippen molar-refractivity contribution >= 4 is 5.91 Å². The highest BCUT2D eigenvalue weighted by Crippen LogP contribution is 2.29. The van der Waals surface area contributed by atoms with Gasteiger partial charge in [-0.25, -0.2) is 4.68 Å². The molecule has 1 amide bonds. The highest BCUT2D eigenvalue weighted by molar-refractivity contribution is 5.79. The van der Waals surface area contributed by atoms with Gasteiger partial charge in [-0.2, -0.15) is 0 Å². The number of aryl methyl sites for hydroxylation is 1. The van der Waals surface area contributed by atoms with Gasteiger partial charge in [-0.1, -0.05) is 67.6 Å². The summed E-state index contributed by atoms with van der Waals surface area (Å²) in [4.78, 5) is 17.4. The van der Waals surface area contributed by atoms with Crippen molar-refractivity contribution in [3.8, 4) is 5.69 Å². The minimum Gasteiger partial charge on any atom is -0.378 e. The average Bonchev–Trinajstić information content (AvgIpc) is 3.43. The molecule has 2 N–H and O–H groups in total. The summed E-state index contributed by atoms with van der Waals surface area (Å²) in [6, 6.07) is 20.3. The van der Waals surface area contributed by atoms with Crippen LogP contribution in [0.15, 0.2) is 60.7 Å². The summed E-state index contributed by atoms with van der Waals surface area (Å²) in [6.45, 7) is 8.84. The van der Waals surface area contributed by atoms with E-state index in [0.29, 0.717) is 70.4 Å². The summed E-state index contributed by atoms with van der Waals surface area (Å²) in [7, 11) is 0. The predicted molar refractivity (Wildman–Crippen MR) is 154 cm³/mol. The Morgan fingerprint density at radius 3 is 2.45 bits per heavy atom. The number of amides is 1. The number of aliphatic hydroxyl groups is 1. The zero-order valence-electron chi connectivity index (χ0n) is 23.7. The number of aliphatic hydroxyl groups excluding tert-OH is 1. The number of para-hydroxylation sites is 1. The molecule has 0 spiro atoms. The number of aromatic nitrogens is 3. The molecule has 9 heteroatoms. The van der Waals surface area contributed by atoms with Crippen LogP contribution >= 0.6 is 0 Å².